The number of nitrogens with one attached hydrogen (secondary N) is 1. The zero-order chi connectivity index (χ0) is 17.6. The molecule has 0 aliphatic rings. The van der Waals surface area contributed by atoms with Crippen LogP contribution in [0.5, 0.6) is 5.75 Å². The van der Waals surface area contributed by atoms with E-state index in [1.807, 2.05) is 61.5 Å². The van der Waals surface area contributed by atoms with Gasteiger partial charge in [-0.05, 0) is 42.8 Å². The van der Waals surface area contributed by atoms with E-state index >= 15 is 0 Å². The third-order valence-corrected chi connectivity index (χ3v) is 3.88. The lowest BCUT2D eigenvalue weighted by Crippen LogP contribution is -2.24. The van der Waals surface area contributed by atoms with Crippen LogP contribution in [0, 0.1) is 0 Å². The molecule has 1 amide bonds. The van der Waals surface area contributed by atoms with Crippen LogP contribution < -0.4 is 10.1 Å². The highest BCUT2D eigenvalue weighted by Gasteiger charge is 2.18. The summed E-state index contributed by atoms with van der Waals surface area (Å²) in [5, 5.41) is 7.58. The monoisotopic (exact) mass is 335 g/mol. The first kappa shape index (κ1) is 16.8. The van der Waals surface area contributed by atoms with Gasteiger partial charge in [-0.2, -0.15) is 5.10 Å². The zero-order valence-electron chi connectivity index (χ0n) is 14.4. The number of aromatic nitrogens is 2. The van der Waals surface area contributed by atoms with Gasteiger partial charge in [0.15, 0.2) is 0 Å². The minimum atomic E-state index is -0.116. The smallest absolute Gasteiger partial charge is 0.255 e. The largest absolute Gasteiger partial charge is 0.497 e. The summed E-state index contributed by atoms with van der Waals surface area (Å²) in [6.07, 6.45) is 2.66. The van der Waals surface area contributed by atoms with Crippen LogP contribution in [0.25, 0.3) is 16.9 Å². The van der Waals surface area contributed by atoms with Crippen molar-refractivity contribution in [2.75, 3.05) is 13.7 Å². The second-order valence-corrected chi connectivity index (χ2v) is 5.66. The van der Waals surface area contributed by atoms with Crippen LogP contribution in [-0.4, -0.2) is 29.3 Å². The van der Waals surface area contributed by atoms with Crippen molar-refractivity contribution in [2.45, 2.75) is 13.3 Å². The van der Waals surface area contributed by atoms with Gasteiger partial charge in [0.2, 0.25) is 0 Å². The SMILES string of the molecule is CCCNC(=O)c1cn(-c2ccccc2)nc1-c1ccc(OC)cc1. The number of ether oxygens (including phenoxy) is 1. The summed E-state index contributed by atoms with van der Waals surface area (Å²) in [6.45, 7) is 2.66. The van der Waals surface area contributed by atoms with Crippen molar-refractivity contribution in [3.05, 3.63) is 66.4 Å². The molecule has 0 aliphatic carbocycles. The molecular weight excluding hydrogens is 314 g/mol. The number of benzene rings is 2. The lowest BCUT2D eigenvalue weighted by Gasteiger charge is -2.05. The molecule has 25 heavy (non-hydrogen) atoms. The third kappa shape index (κ3) is 3.71. The van der Waals surface area contributed by atoms with Crippen molar-refractivity contribution in [3.8, 4) is 22.7 Å². The molecule has 0 spiro atoms. The van der Waals surface area contributed by atoms with Crippen molar-refractivity contribution < 1.29 is 9.53 Å². The number of nitrogens with zero attached hydrogens (tertiary/aromatic N) is 2. The topological polar surface area (TPSA) is 56.2 Å². The maximum Gasteiger partial charge on any atom is 0.255 e. The summed E-state index contributed by atoms with van der Waals surface area (Å²) < 4.78 is 6.94. The molecule has 3 aromatic rings. The lowest BCUT2D eigenvalue weighted by atomic mass is 10.1. The normalized spacial score (nSPS) is 10.5. The Morgan fingerprint density at radius 1 is 1.12 bits per heavy atom. The number of carbonyl (C=O) groups is 1. The van der Waals surface area contributed by atoms with Crippen LogP contribution in [0.1, 0.15) is 23.7 Å². The third-order valence-electron chi connectivity index (χ3n) is 3.88. The molecule has 128 valence electrons. The Morgan fingerprint density at radius 3 is 2.48 bits per heavy atom. The van der Waals surface area contributed by atoms with Crippen molar-refractivity contribution in [1.29, 1.82) is 0 Å². The Hall–Kier alpha value is -3.08. The molecule has 1 aromatic heterocycles. The summed E-state index contributed by atoms with van der Waals surface area (Å²) in [7, 11) is 1.63. The van der Waals surface area contributed by atoms with E-state index in [-0.39, 0.29) is 5.91 Å². The van der Waals surface area contributed by atoms with Gasteiger partial charge in [-0.15, -0.1) is 0 Å². The molecule has 0 unspecified atom stereocenters. The van der Waals surface area contributed by atoms with E-state index in [1.165, 1.54) is 0 Å². The second kappa shape index (κ2) is 7.66. The van der Waals surface area contributed by atoms with Gasteiger partial charge in [0, 0.05) is 18.3 Å². The summed E-state index contributed by atoms with van der Waals surface area (Å²) in [6, 6.07) is 17.3. The van der Waals surface area contributed by atoms with E-state index < -0.39 is 0 Å². The quantitative estimate of drug-likeness (QED) is 0.747. The number of amides is 1. The molecule has 0 radical (unpaired) electrons. The highest BCUT2D eigenvalue weighted by molar-refractivity contribution is 5.99. The maximum absolute atomic E-state index is 12.6. The Balaban J connectivity index is 2.04. The Kier molecular flexibility index (Phi) is 5.14. The lowest BCUT2D eigenvalue weighted by molar-refractivity contribution is 0.0954. The molecule has 0 saturated carbocycles. The summed E-state index contributed by atoms with van der Waals surface area (Å²) in [5.74, 6) is 0.651. The Morgan fingerprint density at radius 2 is 1.84 bits per heavy atom. The fourth-order valence-corrected chi connectivity index (χ4v) is 2.55. The molecule has 0 atom stereocenters. The molecular formula is C20H21N3O2. The van der Waals surface area contributed by atoms with Gasteiger partial charge >= 0.3 is 0 Å². The van der Waals surface area contributed by atoms with E-state index in [0.29, 0.717) is 17.8 Å². The first-order valence-electron chi connectivity index (χ1n) is 8.30. The van der Waals surface area contributed by atoms with Crippen LogP contribution >= 0.6 is 0 Å². The highest BCUT2D eigenvalue weighted by Crippen LogP contribution is 2.25. The van der Waals surface area contributed by atoms with Crippen LogP contribution in [0.2, 0.25) is 0 Å². The molecule has 0 fully saturated rings. The van der Waals surface area contributed by atoms with Gasteiger partial charge in [0.25, 0.3) is 5.91 Å². The molecule has 0 bridgehead atoms. The van der Waals surface area contributed by atoms with Gasteiger partial charge in [-0.1, -0.05) is 25.1 Å². The van der Waals surface area contributed by atoms with Crippen molar-refractivity contribution in [2.24, 2.45) is 0 Å². The second-order valence-electron chi connectivity index (χ2n) is 5.66. The molecule has 0 aliphatic heterocycles. The van der Waals surface area contributed by atoms with Crippen LogP contribution in [0.15, 0.2) is 60.8 Å². The predicted molar refractivity (Wildman–Crippen MR) is 98.2 cm³/mol. The number of carbonyl (C=O) groups excluding carboxylic acids is 1. The molecule has 1 N–H and O–H groups in total. The predicted octanol–water partition coefficient (Wildman–Crippen LogP) is 3.69. The van der Waals surface area contributed by atoms with Gasteiger partial charge in [-0.25, -0.2) is 4.68 Å². The van der Waals surface area contributed by atoms with Gasteiger partial charge in [0.1, 0.15) is 11.4 Å². The molecule has 1 heterocycles. The minimum absolute atomic E-state index is 0.116. The van der Waals surface area contributed by atoms with Crippen LogP contribution in [0.3, 0.4) is 0 Å². The van der Waals surface area contributed by atoms with E-state index in [0.717, 1.165) is 23.4 Å². The average Bonchev–Trinajstić information content (AvgIpc) is 3.12. The van der Waals surface area contributed by atoms with E-state index in [4.69, 9.17) is 4.74 Å². The zero-order valence-corrected chi connectivity index (χ0v) is 14.4. The number of hydrogen-bond acceptors (Lipinski definition) is 3. The van der Waals surface area contributed by atoms with E-state index in [2.05, 4.69) is 10.4 Å². The standard InChI is InChI=1S/C20H21N3O2/c1-3-13-21-20(24)18-14-23(16-7-5-4-6-8-16)22-19(18)15-9-11-17(25-2)12-10-15/h4-12,14H,3,13H2,1-2H3,(H,21,24). The van der Waals surface area contributed by atoms with Crippen molar-refractivity contribution in [1.82, 2.24) is 15.1 Å². The van der Waals surface area contributed by atoms with Gasteiger partial charge in [0.05, 0.1) is 18.4 Å². The molecule has 0 saturated heterocycles. The highest BCUT2D eigenvalue weighted by atomic mass is 16.5. The first-order valence-corrected chi connectivity index (χ1v) is 8.30. The van der Waals surface area contributed by atoms with Crippen molar-refractivity contribution >= 4 is 5.91 Å². The number of methoxy groups -OCH3 is 1. The maximum atomic E-state index is 12.6. The molecule has 5 nitrogen and oxygen atoms in total. The van der Waals surface area contributed by atoms with E-state index in [9.17, 15) is 4.79 Å². The molecule has 3 rings (SSSR count). The first-order chi connectivity index (χ1) is 12.2. The fraction of sp³-hybridized carbons (Fsp3) is 0.200. The van der Waals surface area contributed by atoms with Gasteiger partial charge < -0.3 is 10.1 Å². The van der Waals surface area contributed by atoms with E-state index in [1.54, 1.807) is 18.0 Å². The number of para-hydroxylation sites is 1. The average molecular weight is 335 g/mol. The Bertz CT molecular complexity index is 839. The van der Waals surface area contributed by atoms with Crippen LogP contribution in [-0.2, 0) is 0 Å². The minimum Gasteiger partial charge on any atom is -0.497 e. The number of hydrogen-bond donors (Lipinski definition) is 1. The summed E-state index contributed by atoms with van der Waals surface area (Å²) in [4.78, 5) is 12.6. The summed E-state index contributed by atoms with van der Waals surface area (Å²) in [5.41, 5.74) is 2.99. The molecule has 5 heteroatoms. The fourth-order valence-electron chi connectivity index (χ4n) is 2.55. The Labute approximate surface area is 147 Å². The van der Waals surface area contributed by atoms with Crippen LogP contribution in [0.4, 0.5) is 0 Å². The number of rotatable bonds is 6. The van der Waals surface area contributed by atoms with Gasteiger partial charge in [-0.3, -0.25) is 4.79 Å². The summed E-state index contributed by atoms with van der Waals surface area (Å²) >= 11 is 0. The van der Waals surface area contributed by atoms with Crippen molar-refractivity contribution in [3.63, 3.8) is 0 Å². The molecule has 2 aromatic carbocycles.